The summed E-state index contributed by atoms with van der Waals surface area (Å²) < 4.78 is 0. The summed E-state index contributed by atoms with van der Waals surface area (Å²) in [7, 11) is 0. The number of nitrogens with one attached hydrogen (secondary N) is 1. The third kappa shape index (κ3) is 1.75. The molecule has 0 aromatic carbocycles. The van der Waals surface area contributed by atoms with E-state index in [0.717, 1.165) is 23.4 Å². The fourth-order valence-electron chi connectivity index (χ4n) is 1.93. The van der Waals surface area contributed by atoms with Crippen molar-refractivity contribution >= 4 is 11.9 Å². The second kappa shape index (κ2) is 3.93. The molecule has 0 saturated carbocycles. The molecule has 84 valence electrons. The summed E-state index contributed by atoms with van der Waals surface area (Å²) in [5.41, 5.74) is 2.85. The van der Waals surface area contributed by atoms with Gasteiger partial charge >= 0.3 is 0 Å². The quantitative estimate of drug-likeness (QED) is 0.746. The van der Waals surface area contributed by atoms with Crippen LogP contribution in [0.5, 0.6) is 0 Å². The highest BCUT2D eigenvalue weighted by Gasteiger charge is 2.23. The lowest BCUT2D eigenvalue weighted by Gasteiger charge is -2.14. The van der Waals surface area contributed by atoms with Gasteiger partial charge in [-0.1, -0.05) is 0 Å². The van der Waals surface area contributed by atoms with Gasteiger partial charge in [0.15, 0.2) is 0 Å². The number of aromatic amines is 1. The maximum atomic E-state index is 12.1. The Bertz CT molecular complexity index is 586. The largest absolute Gasteiger partial charge is 0.345 e. The lowest BCUT2D eigenvalue weighted by molar-refractivity contribution is 0.102. The number of ketones is 1. The van der Waals surface area contributed by atoms with Crippen LogP contribution in [0.2, 0.25) is 0 Å². The van der Waals surface area contributed by atoms with Crippen LogP contribution < -0.4 is 0 Å². The summed E-state index contributed by atoms with van der Waals surface area (Å²) in [6.45, 7) is 0. The molecule has 2 aromatic rings. The van der Waals surface area contributed by atoms with Crippen molar-refractivity contribution in [3.8, 4) is 0 Å². The van der Waals surface area contributed by atoms with Crippen LogP contribution in [-0.4, -0.2) is 25.7 Å². The Morgan fingerprint density at radius 1 is 1.24 bits per heavy atom. The highest BCUT2D eigenvalue weighted by atomic mass is 16.1. The lowest BCUT2D eigenvalue weighted by Crippen LogP contribution is -2.17. The fraction of sp³-hybridized carbons (Fsp3) is 0.167. The minimum Gasteiger partial charge on any atom is -0.345 e. The van der Waals surface area contributed by atoms with Crippen LogP contribution in [0.25, 0.3) is 6.08 Å². The Hall–Kier alpha value is -2.30. The smallest absolute Gasteiger partial charge is 0.209 e. The average Bonchev–Trinajstić information content (AvgIpc) is 2.86. The van der Waals surface area contributed by atoms with E-state index in [-0.39, 0.29) is 5.78 Å². The molecule has 2 heterocycles. The van der Waals surface area contributed by atoms with Crippen molar-refractivity contribution in [2.75, 3.05) is 0 Å². The van der Waals surface area contributed by atoms with E-state index in [1.807, 2.05) is 6.08 Å². The topological polar surface area (TPSA) is 71.5 Å². The number of Topliss-reactive ketones (excluding diaryl/α,β-unsaturated/α-hetero) is 1. The molecule has 2 aromatic heterocycles. The lowest BCUT2D eigenvalue weighted by atomic mass is 9.93. The molecule has 0 spiro atoms. The summed E-state index contributed by atoms with van der Waals surface area (Å²) in [5, 5.41) is 0. The van der Waals surface area contributed by atoms with Crippen LogP contribution in [0.3, 0.4) is 0 Å². The van der Waals surface area contributed by atoms with Crippen molar-refractivity contribution in [3.05, 3.63) is 47.6 Å². The highest BCUT2D eigenvalue weighted by Crippen LogP contribution is 2.23. The number of rotatable bonds is 1. The van der Waals surface area contributed by atoms with Crippen molar-refractivity contribution in [1.29, 1.82) is 0 Å². The van der Waals surface area contributed by atoms with Crippen LogP contribution in [0, 0.1) is 0 Å². The van der Waals surface area contributed by atoms with E-state index in [2.05, 4.69) is 19.9 Å². The second-order valence-corrected chi connectivity index (χ2v) is 3.86. The summed E-state index contributed by atoms with van der Waals surface area (Å²) in [4.78, 5) is 27.3. The molecule has 0 saturated heterocycles. The number of hydrogen-bond acceptors (Lipinski definition) is 4. The Morgan fingerprint density at radius 2 is 2.12 bits per heavy atom. The third-order valence-electron chi connectivity index (χ3n) is 2.76. The molecule has 5 heteroatoms. The molecule has 1 aliphatic rings. The first-order valence-electron chi connectivity index (χ1n) is 5.38. The first kappa shape index (κ1) is 9.89. The zero-order chi connectivity index (χ0) is 11.7. The van der Waals surface area contributed by atoms with Crippen LogP contribution in [-0.2, 0) is 6.42 Å². The van der Waals surface area contributed by atoms with Crippen molar-refractivity contribution in [3.63, 3.8) is 0 Å². The van der Waals surface area contributed by atoms with E-state index in [1.54, 1.807) is 24.9 Å². The van der Waals surface area contributed by atoms with Crippen LogP contribution in [0.4, 0.5) is 0 Å². The Morgan fingerprint density at radius 3 is 2.94 bits per heavy atom. The Kier molecular flexibility index (Phi) is 2.29. The van der Waals surface area contributed by atoms with Crippen molar-refractivity contribution in [2.24, 2.45) is 0 Å². The second-order valence-electron chi connectivity index (χ2n) is 3.86. The van der Waals surface area contributed by atoms with Crippen LogP contribution >= 0.6 is 0 Å². The van der Waals surface area contributed by atoms with Gasteiger partial charge in [0.05, 0.1) is 23.9 Å². The van der Waals surface area contributed by atoms with Gasteiger partial charge in [0.2, 0.25) is 5.78 Å². The van der Waals surface area contributed by atoms with E-state index in [0.29, 0.717) is 12.1 Å². The summed E-state index contributed by atoms with van der Waals surface area (Å²) in [5.74, 6) is -0.0334. The number of hydrogen-bond donors (Lipinski definition) is 1. The Labute approximate surface area is 97.6 Å². The average molecular weight is 226 g/mol. The van der Waals surface area contributed by atoms with Gasteiger partial charge in [0.1, 0.15) is 5.69 Å². The number of aryl methyl sites for hydroxylation is 1. The summed E-state index contributed by atoms with van der Waals surface area (Å²) >= 11 is 0. The van der Waals surface area contributed by atoms with Gasteiger partial charge in [-0.25, -0.2) is 9.97 Å². The van der Waals surface area contributed by atoms with Crippen LogP contribution in [0.1, 0.15) is 28.3 Å². The van der Waals surface area contributed by atoms with E-state index < -0.39 is 0 Å². The molecule has 0 amide bonds. The minimum absolute atomic E-state index is 0.0334. The van der Waals surface area contributed by atoms with Gasteiger partial charge in [-0.15, -0.1) is 0 Å². The predicted molar refractivity (Wildman–Crippen MR) is 61.2 cm³/mol. The highest BCUT2D eigenvalue weighted by molar-refractivity contribution is 6.11. The molecule has 0 atom stereocenters. The molecule has 5 nitrogen and oxygen atoms in total. The molecule has 0 aliphatic heterocycles. The fourth-order valence-corrected chi connectivity index (χ4v) is 1.93. The number of fused-ring (bicyclic) bond motifs is 1. The third-order valence-corrected chi connectivity index (χ3v) is 2.76. The van der Waals surface area contributed by atoms with Gasteiger partial charge < -0.3 is 4.98 Å². The zero-order valence-electron chi connectivity index (χ0n) is 9.05. The molecule has 1 aliphatic carbocycles. The zero-order valence-corrected chi connectivity index (χ0v) is 9.05. The molecular formula is C12H10N4O. The number of aromatic nitrogens is 4. The number of carbonyl (C=O) groups is 1. The van der Waals surface area contributed by atoms with E-state index in [9.17, 15) is 4.79 Å². The standard InChI is InChI=1S/C12H10N4O/c17-12-8(5-9-6-13-7-16-9)1-2-10-11(12)15-4-3-14-10/h3-7H,1-2H2,(H,13,16). The van der Waals surface area contributed by atoms with Crippen molar-refractivity contribution < 1.29 is 4.79 Å². The molecular weight excluding hydrogens is 216 g/mol. The van der Waals surface area contributed by atoms with E-state index in [1.165, 1.54) is 0 Å². The SMILES string of the molecule is O=C1C(=Cc2cnc[nH]2)CCc2nccnc21. The number of carbonyl (C=O) groups excluding carboxylic acids is 1. The van der Waals surface area contributed by atoms with Crippen molar-refractivity contribution in [1.82, 2.24) is 19.9 Å². The molecule has 3 rings (SSSR count). The molecule has 0 bridgehead atoms. The molecule has 0 fully saturated rings. The number of imidazole rings is 1. The first-order chi connectivity index (χ1) is 8.34. The van der Waals surface area contributed by atoms with E-state index >= 15 is 0 Å². The van der Waals surface area contributed by atoms with Gasteiger partial charge in [0, 0.05) is 18.0 Å². The summed E-state index contributed by atoms with van der Waals surface area (Å²) in [6, 6.07) is 0. The monoisotopic (exact) mass is 226 g/mol. The van der Waals surface area contributed by atoms with Gasteiger partial charge in [-0.3, -0.25) is 9.78 Å². The maximum absolute atomic E-state index is 12.1. The molecule has 17 heavy (non-hydrogen) atoms. The van der Waals surface area contributed by atoms with E-state index in [4.69, 9.17) is 0 Å². The van der Waals surface area contributed by atoms with Gasteiger partial charge in [-0.2, -0.15) is 0 Å². The van der Waals surface area contributed by atoms with Crippen LogP contribution in [0.15, 0.2) is 30.5 Å². The normalized spacial score (nSPS) is 17.2. The molecule has 0 unspecified atom stereocenters. The van der Waals surface area contributed by atoms with Gasteiger partial charge in [-0.05, 0) is 18.9 Å². The molecule has 0 radical (unpaired) electrons. The summed E-state index contributed by atoms with van der Waals surface area (Å²) in [6.07, 6.45) is 9.73. The number of nitrogens with zero attached hydrogens (tertiary/aromatic N) is 3. The van der Waals surface area contributed by atoms with Crippen molar-refractivity contribution in [2.45, 2.75) is 12.8 Å². The first-order valence-corrected chi connectivity index (χ1v) is 5.38. The van der Waals surface area contributed by atoms with Gasteiger partial charge in [0.25, 0.3) is 0 Å². The maximum Gasteiger partial charge on any atom is 0.209 e. The number of H-pyrrole nitrogens is 1. The Balaban J connectivity index is 2.00. The number of allylic oxidation sites excluding steroid dienone is 1. The molecule has 1 N–H and O–H groups in total. The predicted octanol–water partition coefficient (Wildman–Crippen LogP) is 1.41. The minimum atomic E-state index is -0.0334.